The zero-order valence-electron chi connectivity index (χ0n) is 17.9. The SMILES string of the molecule is CCC(C)[C@H](N=[N+]=[N-])C(=O)Cl.CCCCC(=O)[C@@H](N)C(C)CC.CCCN. The number of nitrogens with zero attached hydrogens (tertiary/aromatic N) is 3. The van der Waals surface area contributed by atoms with Crippen LogP contribution in [-0.2, 0) is 9.59 Å². The van der Waals surface area contributed by atoms with Gasteiger partial charge >= 0.3 is 0 Å². The van der Waals surface area contributed by atoms with Crippen molar-refractivity contribution < 1.29 is 9.59 Å². The van der Waals surface area contributed by atoms with E-state index in [0.717, 1.165) is 38.6 Å². The van der Waals surface area contributed by atoms with E-state index in [4.69, 9.17) is 28.6 Å². The van der Waals surface area contributed by atoms with Gasteiger partial charge in [0.25, 0.3) is 0 Å². The normalized spacial score (nSPS) is 14.1. The van der Waals surface area contributed by atoms with Crippen LogP contribution in [0.1, 0.15) is 80.1 Å². The van der Waals surface area contributed by atoms with E-state index in [0.29, 0.717) is 12.3 Å². The lowest BCUT2D eigenvalue weighted by atomic mass is 9.94. The maximum absolute atomic E-state index is 11.4. The number of rotatable bonds is 11. The highest BCUT2D eigenvalue weighted by atomic mass is 35.5. The van der Waals surface area contributed by atoms with E-state index >= 15 is 0 Å². The molecule has 27 heavy (non-hydrogen) atoms. The standard InChI is InChI=1S/C10H21NO.C6H10ClN3O.C3H9N/c1-4-6-7-9(12)10(11)8(3)5-2;1-3-4(2)5(6(7)11)9-10-8;1-2-3-4/h8,10H,4-7,11H2,1-3H3;4-5H,3H2,1-2H3;2-4H2,1H3/t8?,10-;4?,5-;/m00./s1. The third-order valence-electron chi connectivity index (χ3n) is 4.29. The van der Waals surface area contributed by atoms with Gasteiger partial charge in [-0.25, -0.2) is 0 Å². The molecule has 4 atom stereocenters. The largest absolute Gasteiger partial charge is 0.330 e. The third-order valence-corrected chi connectivity index (χ3v) is 4.51. The third kappa shape index (κ3) is 18.0. The number of ketones is 1. The van der Waals surface area contributed by atoms with Crippen LogP contribution in [0.15, 0.2) is 5.11 Å². The lowest BCUT2D eigenvalue weighted by Gasteiger charge is -2.16. The molecule has 160 valence electrons. The Morgan fingerprint density at radius 1 is 1.07 bits per heavy atom. The Balaban J connectivity index is -0.000000357. The van der Waals surface area contributed by atoms with Crippen LogP contribution in [0.25, 0.3) is 10.4 Å². The number of hydrogen-bond donors (Lipinski definition) is 2. The highest BCUT2D eigenvalue weighted by Crippen LogP contribution is 2.14. The minimum absolute atomic E-state index is 0.0101. The van der Waals surface area contributed by atoms with Crippen LogP contribution < -0.4 is 11.5 Å². The number of halogens is 1. The van der Waals surface area contributed by atoms with Crippen molar-refractivity contribution in [3.8, 4) is 0 Å². The fourth-order valence-corrected chi connectivity index (χ4v) is 2.01. The van der Waals surface area contributed by atoms with Crippen LogP contribution in [0.5, 0.6) is 0 Å². The average molecular weight is 406 g/mol. The second kappa shape index (κ2) is 21.2. The van der Waals surface area contributed by atoms with E-state index in [2.05, 4.69) is 30.8 Å². The number of Topliss-reactive ketones (excluding diaryl/α,β-unsaturated/α-hetero) is 1. The zero-order chi connectivity index (χ0) is 21.8. The number of hydrogen-bond acceptors (Lipinski definition) is 5. The van der Waals surface area contributed by atoms with E-state index in [9.17, 15) is 9.59 Å². The molecule has 0 saturated heterocycles. The van der Waals surface area contributed by atoms with Gasteiger partial charge in [0.1, 0.15) is 11.8 Å². The summed E-state index contributed by atoms with van der Waals surface area (Å²) < 4.78 is 0. The van der Waals surface area contributed by atoms with Crippen molar-refractivity contribution in [2.24, 2.45) is 28.4 Å². The summed E-state index contributed by atoms with van der Waals surface area (Å²) in [5.74, 6) is 0.566. The first kappa shape index (κ1) is 30.6. The predicted octanol–water partition coefficient (Wildman–Crippen LogP) is 4.95. The van der Waals surface area contributed by atoms with Crippen molar-refractivity contribution in [2.45, 2.75) is 92.2 Å². The van der Waals surface area contributed by atoms with Crippen molar-refractivity contribution in [1.29, 1.82) is 0 Å². The first-order chi connectivity index (χ1) is 12.7. The van der Waals surface area contributed by atoms with Crippen LogP contribution >= 0.6 is 11.6 Å². The Morgan fingerprint density at radius 2 is 1.56 bits per heavy atom. The second-order valence-electron chi connectivity index (χ2n) is 6.61. The van der Waals surface area contributed by atoms with Crippen molar-refractivity contribution in [3.63, 3.8) is 0 Å². The van der Waals surface area contributed by atoms with Gasteiger partial charge in [0, 0.05) is 11.3 Å². The molecule has 0 heterocycles. The smallest absolute Gasteiger partial charge is 0.230 e. The molecule has 0 saturated carbocycles. The minimum Gasteiger partial charge on any atom is -0.330 e. The summed E-state index contributed by atoms with van der Waals surface area (Å²) in [4.78, 5) is 24.6. The highest BCUT2D eigenvalue weighted by molar-refractivity contribution is 6.64. The number of unbranched alkanes of at least 4 members (excludes halogenated alkanes) is 1. The minimum atomic E-state index is -0.716. The molecule has 0 aliphatic rings. The topological polar surface area (TPSA) is 135 Å². The van der Waals surface area contributed by atoms with E-state index in [-0.39, 0.29) is 17.7 Å². The summed E-state index contributed by atoms with van der Waals surface area (Å²) in [7, 11) is 0. The van der Waals surface area contributed by atoms with Gasteiger partial charge in [0.2, 0.25) is 5.24 Å². The molecule has 0 aliphatic carbocycles. The van der Waals surface area contributed by atoms with Crippen molar-refractivity contribution in [1.82, 2.24) is 0 Å². The first-order valence-corrected chi connectivity index (χ1v) is 10.3. The van der Waals surface area contributed by atoms with Crippen molar-refractivity contribution in [2.75, 3.05) is 6.54 Å². The predicted molar refractivity (Wildman–Crippen MR) is 115 cm³/mol. The van der Waals surface area contributed by atoms with E-state index in [1.165, 1.54) is 0 Å². The molecule has 0 aromatic heterocycles. The molecular weight excluding hydrogens is 366 g/mol. The van der Waals surface area contributed by atoms with Crippen LogP contribution in [-0.4, -0.2) is 29.7 Å². The van der Waals surface area contributed by atoms with E-state index in [1.807, 2.05) is 20.8 Å². The van der Waals surface area contributed by atoms with Crippen LogP contribution in [0.2, 0.25) is 0 Å². The Labute approximate surface area is 170 Å². The maximum atomic E-state index is 11.4. The molecule has 4 N–H and O–H groups in total. The molecule has 0 amide bonds. The fraction of sp³-hybridized carbons (Fsp3) is 0.895. The molecule has 0 fully saturated rings. The monoisotopic (exact) mass is 405 g/mol. The number of azide groups is 1. The molecule has 0 spiro atoms. The Bertz CT molecular complexity index is 424. The summed E-state index contributed by atoms with van der Waals surface area (Å²) in [6.45, 7) is 12.8. The quantitative estimate of drug-likeness (QED) is 0.217. The summed E-state index contributed by atoms with van der Waals surface area (Å²) in [6.07, 6.45) is 5.55. The molecule has 0 rings (SSSR count). The van der Waals surface area contributed by atoms with Crippen molar-refractivity contribution in [3.05, 3.63) is 10.4 Å². The van der Waals surface area contributed by atoms with Gasteiger partial charge in [-0.3, -0.25) is 9.59 Å². The summed E-state index contributed by atoms with van der Waals surface area (Å²) in [5, 5.41) is 2.71. The highest BCUT2D eigenvalue weighted by Gasteiger charge is 2.20. The second-order valence-corrected chi connectivity index (χ2v) is 6.98. The molecule has 8 heteroatoms. The van der Waals surface area contributed by atoms with Gasteiger partial charge in [-0.1, -0.05) is 65.9 Å². The van der Waals surface area contributed by atoms with Gasteiger partial charge in [0.15, 0.2) is 0 Å². The van der Waals surface area contributed by atoms with Gasteiger partial charge in [0.05, 0.1) is 6.04 Å². The van der Waals surface area contributed by atoms with Crippen LogP contribution in [0, 0.1) is 11.8 Å². The first-order valence-electron chi connectivity index (χ1n) is 9.89. The van der Waals surface area contributed by atoms with Crippen molar-refractivity contribution >= 4 is 22.6 Å². The van der Waals surface area contributed by atoms with Gasteiger partial charge in [-0.2, -0.15) is 0 Å². The molecule has 0 bridgehead atoms. The zero-order valence-corrected chi connectivity index (χ0v) is 18.7. The number of carbonyl (C=O) groups is 2. The Morgan fingerprint density at radius 3 is 1.85 bits per heavy atom. The van der Waals surface area contributed by atoms with E-state index in [1.54, 1.807) is 0 Å². The summed E-state index contributed by atoms with van der Waals surface area (Å²) in [6, 6.07) is -0.951. The van der Waals surface area contributed by atoms with Gasteiger partial charge < -0.3 is 11.5 Å². The lowest BCUT2D eigenvalue weighted by molar-refractivity contribution is -0.121. The molecule has 0 aliphatic heterocycles. The molecule has 2 unspecified atom stereocenters. The molecule has 0 aromatic rings. The van der Waals surface area contributed by atoms with Gasteiger partial charge in [-0.15, -0.1) is 0 Å². The molecule has 0 aromatic carbocycles. The number of nitrogens with two attached hydrogens (primary N) is 2. The fourth-order valence-electron chi connectivity index (χ4n) is 1.75. The molecule has 7 nitrogen and oxygen atoms in total. The number of carbonyl (C=O) groups excluding carboxylic acids is 2. The van der Waals surface area contributed by atoms with Gasteiger partial charge in [-0.05, 0) is 48.4 Å². The lowest BCUT2D eigenvalue weighted by Crippen LogP contribution is -2.36. The van der Waals surface area contributed by atoms with Crippen LogP contribution in [0.3, 0.4) is 0 Å². The maximum Gasteiger partial charge on any atom is 0.230 e. The summed E-state index contributed by atoms with van der Waals surface area (Å²) >= 11 is 5.19. The molecule has 0 radical (unpaired) electrons. The Hall–Kier alpha value is -1.14. The Kier molecular flexibility index (Phi) is 24.0. The molecular formula is C19H40ClN5O2. The average Bonchev–Trinajstić information content (AvgIpc) is 2.68. The van der Waals surface area contributed by atoms with Crippen LogP contribution in [0.4, 0.5) is 0 Å². The summed E-state index contributed by atoms with van der Waals surface area (Å²) in [5.41, 5.74) is 18.9. The van der Waals surface area contributed by atoms with E-state index < -0.39 is 11.3 Å².